The van der Waals surface area contributed by atoms with Crippen LogP contribution in [0.4, 0.5) is 0 Å². The first-order chi connectivity index (χ1) is 8.56. The Hall–Kier alpha value is 0.350. The second-order valence-corrected chi connectivity index (χ2v) is 7.42. The zero-order valence-corrected chi connectivity index (χ0v) is 13.5. The molecule has 18 heavy (non-hydrogen) atoms. The molecule has 3 heteroatoms. The maximum Gasteiger partial charge on any atom is 0.171 e. The quantitative estimate of drug-likeness (QED) is 0.371. The van der Waals surface area contributed by atoms with E-state index in [4.69, 9.17) is 0 Å². The summed E-state index contributed by atoms with van der Waals surface area (Å²) in [6, 6.07) is 0. The molecular weight excluding hydrogens is 243 g/mol. The smallest absolute Gasteiger partial charge is 0.171 e. The molecule has 0 fully saturated rings. The summed E-state index contributed by atoms with van der Waals surface area (Å²) in [6.07, 6.45) is 13.1. The average Bonchev–Trinajstić information content (AvgIpc) is 2.34. The summed E-state index contributed by atoms with van der Waals surface area (Å²) >= 11 is 0. The Bertz CT molecular complexity index is 185. The van der Waals surface area contributed by atoms with Crippen molar-refractivity contribution in [3.63, 3.8) is 0 Å². The molecule has 0 bridgehead atoms. The largest absolute Gasteiger partial charge is 0.350 e. The molecule has 0 saturated carbocycles. The van der Waals surface area contributed by atoms with Crippen LogP contribution in [0, 0.1) is 0 Å². The predicted molar refractivity (Wildman–Crippen MR) is 81.9 cm³/mol. The first kappa shape index (κ1) is 18.4. The van der Waals surface area contributed by atoms with Crippen LogP contribution in [0.5, 0.6) is 0 Å². The van der Waals surface area contributed by atoms with E-state index in [0.29, 0.717) is 0 Å². The maximum absolute atomic E-state index is 9.65. The third-order valence-corrected chi connectivity index (χ3v) is 5.28. The molecule has 0 radical (unpaired) electrons. The van der Waals surface area contributed by atoms with E-state index in [-0.39, 0.29) is 5.16 Å². The zero-order valence-electron chi connectivity index (χ0n) is 12.6. The molecule has 0 amide bonds. The van der Waals surface area contributed by atoms with Crippen LogP contribution >= 0.6 is 8.38 Å². The highest BCUT2D eigenvalue weighted by molar-refractivity contribution is 7.47. The topological polar surface area (TPSA) is 40.5 Å². The zero-order chi connectivity index (χ0) is 13.9. The summed E-state index contributed by atoms with van der Waals surface area (Å²) < 4.78 is 0. The van der Waals surface area contributed by atoms with Crippen LogP contribution in [0.1, 0.15) is 91.4 Å². The minimum absolute atomic E-state index is 0.227. The van der Waals surface area contributed by atoms with Crippen LogP contribution in [-0.2, 0) is 0 Å². The van der Waals surface area contributed by atoms with Crippen LogP contribution < -0.4 is 0 Å². The fourth-order valence-electron chi connectivity index (χ4n) is 2.37. The van der Waals surface area contributed by atoms with E-state index in [1.165, 1.54) is 44.9 Å². The summed E-state index contributed by atoms with van der Waals surface area (Å²) in [4.78, 5) is 19.3. The molecule has 0 aliphatic heterocycles. The minimum atomic E-state index is -1.79. The Morgan fingerprint density at radius 3 is 1.50 bits per heavy atom. The van der Waals surface area contributed by atoms with E-state index in [1.54, 1.807) is 0 Å². The van der Waals surface area contributed by atoms with Crippen LogP contribution in [0.15, 0.2) is 0 Å². The van der Waals surface area contributed by atoms with Crippen molar-refractivity contribution in [3.05, 3.63) is 0 Å². The number of rotatable bonds is 12. The molecule has 0 aliphatic rings. The first-order valence-corrected chi connectivity index (χ1v) is 8.99. The monoisotopic (exact) mass is 276 g/mol. The molecule has 0 aromatic heterocycles. The van der Waals surface area contributed by atoms with E-state index in [1.807, 2.05) is 0 Å². The summed E-state index contributed by atoms with van der Waals surface area (Å²) in [5.74, 6) is 0. The first-order valence-electron chi connectivity index (χ1n) is 7.74. The molecule has 0 aromatic rings. The van der Waals surface area contributed by atoms with Crippen LogP contribution in [0.25, 0.3) is 0 Å². The highest BCUT2D eigenvalue weighted by atomic mass is 31.2. The standard InChI is InChI=1S/C15H33O2P/c1-4-6-8-10-12-14-15(3,18(16)17)13-11-9-7-5-2/h16-17H,4-14H2,1-3H3. The van der Waals surface area contributed by atoms with Gasteiger partial charge in [0.1, 0.15) is 0 Å². The number of hydrogen-bond donors (Lipinski definition) is 2. The Morgan fingerprint density at radius 1 is 0.722 bits per heavy atom. The molecule has 1 atom stereocenters. The van der Waals surface area contributed by atoms with Crippen molar-refractivity contribution >= 4 is 8.38 Å². The summed E-state index contributed by atoms with van der Waals surface area (Å²) in [7, 11) is -1.79. The van der Waals surface area contributed by atoms with Crippen molar-refractivity contribution in [1.82, 2.24) is 0 Å². The van der Waals surface area contributed by atoms with Gasteiger partial charge >= 0.3 is 0 Å². The highest BCUT2D eigenvalue weighted by Crippen LogP contribution is 2.48. The average molecular weight is 276 g/mol. The predicted octanol–water partition coefficient (Wildman–Crippen LogP) is 5.37. The molecule has 0 rings (SSSR count). The Morgan fingerprint density at radius 2 is 1.11 bits per heavy atom. The van der Waals surface area contributed by atoms with Gasteiger partial charge in [0.2, 0.25) is 0 Å². The summed E-state index contributed by atoms with van der Waals surface area (Å²) in [6.45, 7) is 6.49. The molecule has 0 saturated heterocycles. The van der Waals surface area contributed by atoms with Crippen molar-refractivity contribution in [3.8, 4) is 0 Å². The van der Waals surface area contributed by atoms with Crippen molar-refractivity contribution in [2.24, 2.45) is 0 Å². The second-order valence-electron chi connectivity index (χ2n) is 5.76. The Balaban J connectivity index is 3.86. The van der Waals surface area contributed by atoms with E-state index in [9.17, 15) is 9.79 Å². The molecule has 0 spiro atoms. The van der Waals surface area contributed by atoms with Crippen molar-refractivity contribution in [2.45, 2.75) is 96.6 Å². The maximum atomic E-state index is 9.65. The summed E-state index contributed by atoms with van der Waals surface area (Å²) in [5, 5.41) is -0.227. The van der Waals surface area contributed by atoms with Gasteiger partial charge in [0.15, 0.2) is 8.38 Å². The van der Waals surface area contributed by atoms with Gasteiger partial charge in [-0.25, -0.2) is 0 Å². The third kappa shape index (κ3) is 8.45. The normalized spacial score (nSPS) is 15.0. The van der Waals surface area contributed by atoms with E-state index >= 15 is 0 Å². The SMILES string of the molecule is CCCCCCCC(C)(CCCCCC)P(O)O. The van der Waals surface area contributed by atoms with E-state index in [2.05, 4.69) is 20.8 Å². The van der Waals surface area contributed by atoms with Gasteiger partial charge in [-0.3, -0.25) is 0 Å². The van der Waals surface area contributed by atoms with Gasteiger partial charge < -0.3 is 9.79 Å². The number of hydrogen-bond acceptors (Lipinski definition) is 2. The van der Waals surface area contributed by atoms with Gasteiger partial charge in [-0.1, -0.05) is 78.6 Å². The second kappa shape index (κ2) is 11.2. The molecule has 110 valence electrons. The summed E-state index contributed by atoms with van der Waals surface area (Å²) in [5.41, 5.74) is 0. The highest BCUT2D eigenvalue weighted by Gasteiger charge is 2.31. The lowest BCUT2D eigenvalue weighted by Crippen LogP contribution is -2.22. The van der Waals surface area contributed by atoms with Crippen molar-refractivity contribution < 1.29 is 9.79 Å². The lowest BCUT2D eigenvalue weighted by atomic mass is 9.95. The molecule has 1 unspecified atom stereocenters. The lowest BCUT2D eigenvalue weighted by Gasteiger charge is -2.30. The fourth-order valence-corrected chi connectivity index (χ4v) is 3.08. The fraction of sp³-hybridized carbons (Fsp3) is 1.00. The van der Waals surface area contributed by atoms with Crippen molar-refractivity contribution in [1.29, 1.82) is 0 Å². The number of unbranched alkanes of at least 4 members (excludes halogenated alkanes) is 7. The molecular formula is C15H33O2P. The van der Waals surface area contributed by atoms with Crippen LogP contribution in [-0.4, -0.2) is 14.9 Å². The molecule has 0 aliphatic carbocycles. The minimum Gasteiger partial charge on any atom is -0.350 e. The van der Waals surface area contributed by atoms with Gasteiger partial charge in [0.05, 0.1) is 0 Å². The molecule has 2 nitrogen and oxygen atoms in total. The van der Waals surface area contributed by atoms with E-state index < -0.39 is 8.38 Å². The molecule has 0 aromatic carbocycles. The lowest BCUT2D eigenvalue weighted by molar-refractivity contribution is 0.378. The van der Waals surface area contributed by atoms with Crippen LogP contribution in [0.2, 0.25) is 0 Å². The van der Waals surface area contributed by atoms with Gasteiger partial charge in [0.25, 0.3) is 0 Å². The van der Waals surface area contributed by atoms with E-state index in [0.717, 1.165) is 25.7 Å². The third-order valence-electron chi connectivity index (χ3n) is 3.87. The van der Waals surface area contributed by atoms with Crippen LogP contribution in [0.3, 0.4) is 0 Å². The van der Waals surface area contributed by atoms with Gasteiger partial charge in [0, 0.05) is 5.16 Å². The van der Waals surface area contributed by atoms with Gasteiger partial charge in [-0.15, -0.1) is 0 Å². The van der Waals surface area contributed by atoms with Gasteiger partial charge in [-0.2, -0.15) is 0 Å². The van der Waals surface area contributed by atoms with Gasteiger partial charge in [-0.05, 0) is 12.8 Å². The molecule has 0 heterocycles. The Labute approximate surface area is 115 Å². The van der Waals surface area contributed by atoms with Crippen molar-refractivity contribution in [2.75, 3.05) is 0 Å². The molecule has 2 N–H and O–H groups in total. The Kier molecular flexibility index (Phi) is 11.4.